The quantitative estimate of drug-likeness (QED) is 0.567. The molecule has 0 saturated heterocycles. The van der Waals surface area contributed by atoms with Crippen LogP contribution >= 0.6 is 38.8 Å². The van der Waals surface area contributed by atoms with Crippen molar-refractivity contribution in [1.82, 2.24) is 0 Å². The molecule has 0 rings (SSSR count). The molecule has 9 heteroatoms. The van der Waals surface area contributed by atoms with E-state index in [1.807, 2.05) is 0 Å². The Kier molecular flexibility index (Phi) is 9.54. The standard InChI is InChI=1S/BH3O3.4ClH.Zn/c2-1(3)4;;;;;/h2-4H;4*1H;/q;;;;;+4/p-4. The zero-order valence-electron chi connectivity index (χ0n) is 4.14. The molecule has 3 nitrogen and oxygen atoms in total. The first kappa shape index (κ1) is 13.3. The Bertz CT molecular complexity index is 52.6. The monoisotopic (exact) mass is 266 g/mol. The van der Waals surface area contributed by atoms with E-state index in [0.717, 1.165) is 0 Å². The molecule has 0 aliphatic carbocycles. The van der Waals surface area contributed by atoms with Crippen molar-refractivity contribution in [1.29, 1.82) is 0 Å². The van der Waals surface area contributed by atoms with Gasteiger partial charge in [-0.15, -0.1) is 0 Å². The average molecular weight is 269 g/mol. The van der Waals surface area contributed by atoms with Gasteiger partial charge in [-0.25, -0.2) is 0 Å². The first-order valence-corrected chi connectivity index (χ1v) is 17.4. The van der Waals surface area contributed by atoms with Gasteiger partial charge in [0.1, 0.15) is 0 Å². The fraction of sp³-hybridized carbons (Fsp3) is 0. The van der Waals surface area contributed by atoms with Crippen LogP contribution in [0.3, 0.4) is 0 Å². The molecule has 0 saturated carbocycles. The fourth-order valence-corrected chi connectivity index (χ4v) is 0. The zero-order valence-corrected chi connectivity index (χ0v) is 10.1. The number of rotatable bonds is 0. The molecule has 9 heavy (non-hydrogen) atoms. The Morgan fingerprint density at radius 1 is 0.889 bits per heavy atom. The van der Waals surface area contributed by atoms with Gasteiger partial charge in [0.05, 0.1) is 0 Å². The summed E-state index contributed by atoms with van der Waals surface area (Å²) in [5.74, 6) is 0. The van der Waals surface area contributed by atoms with Crippen molar-refractivity contribution in [3.05, 3.63) is 0 Å². The van der Waals surface area contributed by atoms with Gasteiger partial charge in [0.2, 0.25) is 0 Å². The van der Waals surface area contributed by atoms with Gasteiger partial charge in [0, 0.05) is 0 Å². The summed E-state index contributed by atoms with van der Waals surface area (Å²) in [5.41, 5.74) is 0. The third-order valence-electron chi connectivity index (χ3n) is 0. The Hall–Kier alpha value is 1.73. The van der Waals surface area contributed by atoms with E-state index in [4.69, 9.17) is 53.8 Å². The first-order valence-electron chi connectivity index (χ1n) is 1.84. The van der Waals surface area contributed by atoms with Crippen LogP contribution in [-0.2, 0) is 10.8 Å². The van der Waals surface area contributed by atoms with Gasteiger partial charge in [-0.05, 0) is 0 Å². The molecular formula is H3BCl4O3Zn. The molecule has 0 aromatic carbocycles. The van der Waals surface area contributed by atoms with Crippen LogP contribution in [0.5, 0.6) is 0 Å². The summed E-state index contributed by atoms with van der Waals surface area (Å²) in [7, 11) is 14.7. The van der Waals surface area contributed by atoms with Crippen LogP contribution < -0.4 is 0 Å². The third-order valence-corrected chi connectivity index (χ3v) is 0. The zero-order chi connectivity index (χ0) is 8.08. The molecular weight excluding hydrogens is 266 g/mol. The molecule has 0 heterocycles. The second-order valence-electron chi connectivity index (χ2n) is 0.953. The maximum absolute atomic E-state index is 7.17. The molecule has 0 atom stereocenters. The Morgan fingerprint density at radius 3 is 0.889 bits per heavy atom. The van der Waals surface area contributed by atoms with E-state index in [0.29, 0.717) is 0 Å². The van der Waals surface area contributed by atoms with E-state index in [1.165, 1.54) is 0 Å². The van der Waals surface area contributed by atoms with Crippen molar-refractivity contribution in [2.75, 3.05) is 0 Å². The summed E-state index contributed by atoms with van der Waals surface area (Å²) in [5, 5.41) is 21.5. The summed E-state index contributed by atoms with van der Waals surface area (Å²) < 4.78 is 0. The van der Waals surface area contributed by atoms with E-state index in [1.54, 1.807) is 0 Å². The van der Waals surface area contributed by atoms with Crippen molar-refractivity contribution in [3.63, 3.8) is 0 Å². The summed E-state index contributed by atoms with van der Waals surface area (Å²) in [6.45, 7) is 0. The number of hydrogen-bond acceptors (Lipinski definition) is 3. The third kappa shape index (κ3) is 195. The molecule has 0 amide bonds. The van der Waals surface area contributed by atoms with Gasteiger partial charge in [-0.1, -0.05) is 0 Å². The minimum absolute atomic E-state index is 2.17. The van der Waals surface area contributed by atoms with Crippen LogP contribution in [0.15, 0.2) is 0 Å². The average Bonchev–Trinajstić information content (AvgIpc) is 1.19. The molecule has 0 aliphatic rings. The summed E-state index contributed by atoms with van der Waals surface area (Å²) in [4.78, 5) is 0. The maximum atomic E-state index is 7.17. The van der Waals surface area contributed by atoms with Crippen LogP contribution in [0.25, 0.3) is 0 Å². The van der Waals surface area contributed by atoms with Crippen molar-refractivity contribution in [2.45, 2.75) is 0 Å². The van der Waals surface area contributed by atoms with Crippen LogP contribution in [0, 0.1) is 0 Å². The van der Waals surface area contributed by atoms with Crippen molar-refractivity contribution in [2.24, 2.45) is 0 Å². The van der Waals surface area contributed by atoms with Crippen LogP contribution in [0.1, 0.15) is 0 Å². The predicted molar refractivity (Wildman–Crippen MR) is 35.8 cm³/mol. The first-order chi connectivity index (χ1) is 3.73. The van der Waals surface area contributed by atoms with Crippen LogP contribution in [0.4, 0.5) is 0 Å². The van der Waals surface area contributed by atoms with E-state index in [9.17, 15) is 0 Å². The number of hydrogen-bond donors (Lipinski definition) is 3. The van der Waals surface area contributed by atoms with E-state index < -0.39 is 18.1 Å². The summed E-state index contributed by atoms with van der Waals surface area (Å²) in [6.07, 6.45) is 0. The van der Waals surface area contributed by atoms with Crippen molar-refractivity contribution >= 4 is 46.1 Å². The van der Waals surface area contributed by atoms with Crippen LogP contribution in [0.2, 0.25) is 0 Å². The molecule has 0 unspecified atom stereocenters. The van der Waals surface area contributed by atoms with E-state index >= 15 is 0 Å². The minimum atomic E-state index is -3.36. The molecule has 0 fully saturated rings. The van der Waals surface area contributed by atoms with E-state index in [2.05, 4.69) is 0 Å². The molecule has 54 valence electrons. The topological polar surface area (TPSA) is 60.7 Å². The van der Waals surface area contributed by atoms with Gasteiger partial charge in [0.25, 0.3) is 0 Å². The van der Waals surface area contributed by atoms with Crippen molar-refractivity contribution in [3.8, 4) is 0 Å². The van der Waals surface area contributed by atoms with Gasteiger partial charge in [-0.2, -0.15) is 0 Å². The second-order valence-corrected chi connectivity index (χ2v) is 28.7. The molecule has 0 radical (unpaired) electrons. The normalized spacial score (nSPS) is 7.89. The molecule has 0 aromatic rings. The van der Waals surface area contributed by atoms with Gasteiger partial charge in [-0.3, -0.25) is 0 Å². The Morgan fingerprint density at radius 2 is 0.889 bits per heavy atom. The van der Waals surface area contributed by atoms with Gasteiger partial charge < -0.3 is 15.1 Å². The van der Waals surface area contributed by atoms with Crippen LogP contribution in [-0.4, -0.2) is 22.4 Å². The molecule has 0 bridgehead atoms. The number of halogens is 4. The second kappa shape index (κ2) is 6.44. The molecule has 0 aromatic heterocycles. The molecule has 0 spiro atoms. The Labute approximate surface area is 71.7 Å². The Balaban J connectivity index is 0. The summed E-state index contributed by atoms with van der Waals surface area (Å²) in [6, 6.07) is 0. The molecule has 3 N–H and O–H groups in total. The fourth-order valence-electron chi connectivity index (χ4n) is 0. The molecule has 0 aliphatic heterocycles. The SMILES string of the molecule is OB(O)O.[Cl][Zn]([Cl])([Cl])[Cl]. The van der Waals surface area contributed by atoms with Gasteiger partial charge >= 0.3 is 56.9 Å². The van der Waals surface area contributed by atoms with Gasteiger partial charge in [0.15, 0.2) is 0 Å². The predicted octanol–water partition coefficient (Wildman–Crippen LogP) is 0.704. The van der Waals surface area contributed by atoms with E-state index in [-0.39, 0.29) is 0 Å². The van der Waals surface area contributed by atoms with Crippen molar-refractivity contribution < 1.29 is 25.9 Å². The summed E-state index contributed by atoms with van der Waals surface area (Å²) >= 11 is 0.